The van der Waals surface area contributed by atoms with Crippen molar-refractivity contribution in [3.05, 3.63) is 83.2 Å². The summed E-state index contributed by atoms with van der Waals surface area (Å²) in [4.78, 5) is 0. The Morgan fingerprint density at radius 2 is 1.38 bits per heavy atom. The van der Waals surface area contributed by atoms with Crippen molar-refractivity contribution in [1.82, 2.24) is 0 Å². The van der Waals surface area contributed by atoms with Crippen molar-refractivity contribution in [2.24, 2.45) is 0 Å². The highest BCUT2D eigenvalue weighted by atomic mass is 19.1. The van der Waals surface area contributed by atoms with Crippen LogP contribution in [0.25, 0.3) is 10.8 Å². The van der Waals surface area contributed by atoms with Crippen LogP contribution in [0.4, 0.5) is 13.2 Å². The highest BCUT2D eigenvalue weighted by Crippen LogP contribution is 2.31. The molecule has 0 saturated carbocycles. The van der Waals surface area contributed by atoms with E-state index in [1.165, 1.54) is 18.2 Å². The maximum atomic E-state index is 13.8. The zero-order valence-electron chi connectivity index (χ0n) is 10.9. The molecule has 0 aliphatic carbocycles. The Morgan fingerprint density at radius 1 is 0.714 bits per heavy atom. The van der Waals surface area contributed by atoms with Gasteiger partial charge in [-0.05, 0) is 23.1 Å². The molecule has 106 valence electrons. The molecule has 4 heteroatoms. The molecule has 1 unspecified atom stereocenters. The minimum Gasteiger partial charge on any atom is -0.384 e. The molecule has 0 radical (unpaired) electrons. The molecule has 0 aliphatic rings. The third-order valence-electron chi connectivity index (χ3n) is 3.46. The lowest BCUT2D eigenvalue weighted by molar-refractivity contribution is 0.216. The summed E-state index contributed by atoms with van der Waals surface area (Å²) in [6, 6.07) is 12.2. The Balaban J connectivity index is 2.18. The zero-order chi connectivity index (χ0) is 15.0. The molecular weight excluding hydrogens is 277 g/mol. The van der Waals surface area contributed by atoms with Crippen molar-refractivity contribution in [2.75, 3.05) is 0 Å². The molecule has 0 spiro atoms. The summed E-state index contributed by atoms with van der Waals surface area (Å²) in [5.41, 5.74) is 0.325. The number of fused-ring (bicyclic) bond motifs is 1. The molecule has 0 aliphatic heterocycles. The molecule has 3 aromatic rings. The lowest BCUT2D eigenvalue weighted by Gasteiger charge is -2.15. The molecule has 0 aromatic heterocycles. The summed E-state index contributed by atoms with van der Waals surface area (Å²) >= 11 is 0. The summed E-state index contributed by atoms with van der Waals surface area (Å²) in [6.45, 7) is 0. The van der Waals surface area contributed by atoms with Crippen molar-refractivity contribution in [1.29, 1.82) is 0 Å². The second kappa shape index (κ2) is 5.22. The van der Waals surface area contributed by atoms with Gasteiger partial charge in [-0.3, -0.25) is 0 Å². The number of halogens is 3. The third kappa shape index (κ3) is 2.38. The van der Waals surface area contributed by atoms with Gasteiger partial charge in [0.15, 0.2) is 0 Å². The fourth-order valence-corrected chi connectivity index (χ4v) is 2.41. The number of hydrogen-bond donors (Lipinski definition) is 1. The monoisotopic (exact) mass is 288 g/mol. The van der Waals surface area contributed by atoms with Gasteiger partial charge in [0.25, 0.3) is 0 Å². The van der Waals surface area contributed by atoms with Crippen molar-refractivity contribution < 1.29 is 18.3 Å². The quantitative estimate of drug-likeness (QED) is 0.743. The Bertz CT molecular complexity index is 814. The van der Waals surface area contributed by atoms with Crippen molar-refractivity contribution in [3.63, 3.8) is 0 Å². The summed E-state index contributed by atoms with van der Waals surface area (Å²) in [6.07, 6.45) is -1.30. The molecule has 3 aromatic carbocycles. The number of aliphatic hydroxyl groups is 1. The average molecular weight is 288 g/mol. The van der Waals surface area contributed by atoms with E-state index in [2.05, 4.69) is 0 Å². The minimum atomic E-state index is -1.30. The topological polar surface area (TPSA) is 20.2 Å². The molecule has 0 amide bonds. The van der Waals surface area contributed by atoms with E-state index in [1.54, 1.807) is 24.3 Å². The molecule has 1 nitrogen and oxygen atoms in total. The Morgan fingerprint density at radius 3 is 2.10 bits per heavy atom. The summed E-state index contributed by atoms with van der Waals surface area (Å²) in [5, 5.41) is 11.2. The van der Waals surface area contributed by atoms with Gasteiger partial charge in [-0.2, -0.15) is 0 Å². The standard InChI is InChI=1S/C17H11F3O/c18-10-5-6-14(16(20)9-10)17(21)13-7-8-15(19)12-4-2-1-3-11(12)13/h1-9,17,21H. The number of rotatable bonds is 2. The zero-order valence-corrected chi connectivity index (χ0v) is 10.9. The van der Waals surface area contributed by atoms with Crippen LogP contribution in [0.3, 0.4) is 0 Å². The van der Waals surface area contributed by atoms with Crippen LogP contribution in [-0.2, 0) is 0 Å². The SMILES string of the molecule is OC(c1ccc(F)cc1F)c1ccc(F)c2ccccc12. The summed E-state index contributed by atoms with van der Waals surface area (Å²) in [5.74, 6) is -1.97. The van der Waals surface area contributed by atoms with Crippen LogP contribution in [0.2, 0.25) is 0 Å². The Hall–Kier alpha value is -2.33. The first kappa shape index (κ1) is 13.6. The van der Waals surface area contributed by atoms with E-state index in [9.17, 15) is 18.3 Å². The van der Waals surface area contributed by atoms with E-state index in [4.69, 9.17) is 0 Å². The summed E-state index contributed by atoms with van der Waals surface area (Å²) in [7, 11) is 0. The van der Waals surface area contributed by atoms with Crippen molar-refractivity contribution >= 4 is 10.8 Å². The molecule has 0 saturated heterocycles. The molecular formula is C17H11F3O. The van der Waals surface area contributed by atoms with Crippen LogP contribution in [0.5, 0.6) is 0 Å². The molecule has 1 N–H and O–H groups in total. The maximum absolute atomic E-state index is 13.8. The summed E-state index contributed by atoms with van der Waals surface area (Å²) < 4.78 is 40.5. The van der Waals surface area contributed by atoms with Crippen LogP contribution in [0.15, 0.2) is 54.6 Å². The van der Waals surface area contributed by atoms with E-state index in [1.807, 2.05) is 0 Å². The lowest BCUT2D eigenvalue weighted by Crippen LogP contribution is -2.04. The highest BCUT2D eigenvalue weighted by Gasteiger charge is 2.18. The molecule has 0 heterocycles. The van der Waals surface area contributed by atoms with Gasteiger partial charge in [0.1, 0.15) is 23.6 Å². The van der Waals surface area contributed by atoms with E-state index >= 15 is 0 Å². The van der Waals surface area contributed by atoms with E-state index in [0.717, 1.165) is 6.07 Å². The van der Waals surface area contributed by atoms with Gasteiger partial charge in [0.2, 0.25) is 0 Å². The fraction of sp³-hybridized carbons (Fsp3) is 0.0588. The predicted molar refractivity (Wildman–Crippen MR) is 74.3 cm³/mol. The van der Waals surface area contributed by atoms with Crippen LogP contribution >= 0.6 is 0 Å². The van der Waals surface area contributed by atoms with Gasteiger partial charge >= 0.3 is 0 Å². The van der Waals surface area contributed by atoms with E-state index < -0.39 is 23.6 Å². The van der Waals surface area contributed by atoms with E-state index in [-0.39, 0.29) is 5.56 Å². The maximum Gasteiger partial charge on any atom is 0.132 e. The normalized spacial score (nSPS) is 12.6. The van der Waals surface area contributed by atoms with Crippen molar-refractivity contribution in [2.45, 2.75) is 6.10 Å². The van der Waals surface area contributed by atoms with Gasteiger partial charge in [0, 0.05) is 17.0 Å². The Kier molecular flexibility index (Phi) is 3.39. The van der Waals surface area contributed by atoms with Gasteiger partial charge < -0.3 is 5.11 Å². The van der Waals surface area contributed by atoms with Gasteiger partial charge in [0.05, 0.1) is 0 Å². The second-order valence-electron chi connectivity index (χ2n) is 4.75. The highest BCUT2D eigenvalue weighted by molar-refractivity contribution is 5.86. The number of aliphatic hydroxyl groups excluding tert-OH is 1. The van der Waals surface area contributed by atoms with Crippen LogP contribution in [0.1, 0.15) is 17.2 Å². The molecule has 21 heavy (non-hydrogen) atoms. The third-order valence-corrected chi connectivity index (χ3v) is 3.46. The van der Waals surface area contributed by atoms with Gasteiger partial charge in [-0.15, -0.1) is 0 Å². The fourth-order valence-electron chi connectivity index (χ4n) is 2.41. The van der Waals surface area contributed by atoms with Gasteiger partial charge in [-0.1, -0.05) is 36.4 Å². The smallest absolute Gasteiger partial charge is 0.132 e. The van der Waals surface area contributed by atoms with E-state index in [0.29, 0.717) is 22.4 Å². The van der Waals surface area contributed by atoms with Crippen LogP contribution in [-0.4, -0.2) is 5.11 Å². The molecule has 3 rings (SSSR count). The van der Waals surface area contributed by atoms with Crippen molar-refractivity contribution in [3.8, 4) is 0 Å². The predicted octanol–water partition coefficient (Wildman–Crippen LogP) is 4.34. The average Bonchev–Trinajstić information content (AvgIpc) is 2.47. The largest absolute Gasteiger partial charge is 0.384 e. The van der Waals surface area contributed by atoms with Crippen LogP contribution < -0.4 is 0 Å². The molecule has 1 atom stereocenters. The molecule has 0 fully saturated rings. The Labute approximate surface area is 119 Å². The van der Waals surface area contributed by atoms with Crippen LogP contribution in [0, 0.1) is 17.5 Å². The van der Waals surface area contributed by atoms with Gasteiger partial charge in [-0.25, -0.2) is 13.2 Å². The number of benzene rings is 3. The first-order valence-corrected chi connectivity index (χ1v) is 6.38. The first-order valence-electron chi connectivity index (χ1n) is 6.38. The molecule has 0 bridgehead atoms. The lowest BCUT2D eigenvalue weighted by atomic mass is 9.95. The second-order valence-corrected chi connectivity index (χ2v) is 4.75. The minimum absolute atomic E-state index is 0.0480. The number of hydrogen-bond acceptors (Lipinski definition) is 1. The first-order chi connectivity index (χ1) is 10.1.